The highest BCUT2D eigenvalue weighted by molar-refractivity contribution is 5.87. The van der Waals surface area contributed by atoms with E-state index < -0.39 is 18.5 Å². The third kappa shape index (κ3) is 1.59. The van der Waals surface area contributed by atoms with E-state index in [1.54, 1.807) is 6.07 Å². The van der Waals surface area contributed by atoms with Crippen LogP contribution in [0, 0.1) is 0 Å². The van der Waals surface area contributed by atoms with Gasteiger partial charge in [0.1, 0.15) is 12.4 Å². The number of alkyl halides is 3. The van der Waals surface area contributed by atoms with Crippen molar-refractivity contribution in [3.8, 4) is 0 Å². The molecule has 2 aromatic rings. The van der Waals surface area contributed by atoms with Crippen LogP contribution in [-0.2, 0) is 12.8 Å². The number of rotatable bonds is 1. The van der Waals surface area contributed by atoms with Crippen LogP contribution < -0.4 is 0 Å². The molecule has 1 aromatic carbocycles. The van der Waals surface area contributed by atoms with E-state index in [9.17, 15) is 13.2 Å². The molecular weight excluding hydrogens is 209 g/mol. The lowest BCUT2D eigenvalue weighted by Gasteiger charge is -2.01. The van der Waals surface area contributed by atoms with Crippen molar-refractivity contribution in [3.05, 3.63) is 35.8 Å². The highest BCUT2D eigenvalue weighted by atomic mass is 19.4. The van der Waals surface area contributed by atoms with Crippen LogP contribution in [0.5, 0.6) is 0 Å². The summed E-state index contributed by atoms with van der Waals surface area (Å²) in [5.74, 6) is -1.11. The van der Waals surface area contributed by atoms with Crippen molar-refractivity contribution in [2.75, 3.05) is 0 Å². The summed E-state index contributed by atoms with van der Waals surface area (Å²) in [6, 6.07) is 5.89. The maximum Gasteiger partial charge on any atom is 0.450 e. The van der Waals surface area contributed by atoms with Crippen molar-refractivity contribution in [3.63, 3.8) is 0 Å². The molecule has 0 aliphatic carbocycles. The first kappa shape index (κ1) is 10.0. The highest BCUT2D eigenvalue weighted by Gasteiger charge is 2.37. The van der Waals surface area contributed by atoms with E-state index in [4.69, 9.17) is 5.11 Å². The highest BCUT2D eigenvalue weighted by Crippen LogP contribution is 2.38. The van der Waals surface area contributed by atoms with Crippen molar-refractivity contribution in [2.24, 2.45) is 0 Å². The molecule has 1 heterocycles. The predicted molar refractivity (Wildman–Crippen MR) is 47.1 cm³/mol. The molecule has 0 aliphatic heterocycles. The number of benzene rings is 1. The van der Waals surface area contributed by atoms with Crippen LogP contribution in [0.15, 0.2) is 28.7 Å². The molecule has 15 heavy (non-hydrogen) atoms. The number of furan rings is 1. The zero-order valence-electron chi connectivity index (χ0n) is 7.51. The fraction of sp³-hybridized carbons (Fsp3) is 0.200. The first-order valence-electron chi connectivity index (χ1n) is 4.22. The Morgan fingerprint density at radius 1 is 1.13 bits per heavy atom. The Hall–Kier alpha value is -1.49. The summed E-state index contributed by atoms with van der Waals surface area (Å²) >= 11 is 0. The smallest absolute Gasteiger partial charge is 0.450 e. The van der Waals surface area contributed by atoms with Gasteiger partial charge in [-0.1, -0.05) is 24.3 Å². The van der Waals surface area contributed by atoms with E-state index in [1.807, 2.05) is 0 Å². The molecule has 0 radical (unpaired) electrons. The molecule has 0 fully saturated rings. The molecule has 80 valence electrons. The molecule has 0 saturated carbocycles. The fourth-order valence-corrected chi connectivity index (χ4v) is 1.49. The maximum atomic E-state index is 12.5. The van der Waals surface area contributed by atoms with Crippen LogP contribution >= 0.6 is 0 Å². The average Bonchev–Trinajstić information content (AvgIpc) is 2.55. The summed E-state index contributed by atoms with van der Waals surface area (Å²) in [5, 5.41) is 9.13. The van der Waals surface area contributed by atoms with Gasteiger partial charge in [-0.15, -0.1) is 0 Å². The zero-order valence-corrected chi connectivity index (χ0v) is 7.51. The lowest BCUT2D eigenvalue weighted by molar-refractivity contribution is -0.152. The van der Waals surface area contributed by atoms with Crippen LogP contribution in [0.4, 0.5) is 13.2 Å². The zero-order chi connectivity index (χ0) is 11.1. The topological polar surface area (TPSA) is 33.4 Å². The molecule has 2 rings (SSSR count). The van der Waals surface area contributed by atoms with Crippen molar-refractivity contribution in [1.29, 1.82) is 0 Å². The van der Waals surface area contributed by atoms with Gasteiger partial charge in [-0.25, -0.2) is 0 Å². The van der Waals surface area contributed by atoms with Crippen LogP contribution in [-0.4, -0.2) is 5.11 Å². The van der Waals surface area contributed by atoms with E-state index in [-0.39, 0.29) is 11.1 Å². The number of hydrogen-bond donors (Lipinski definition) is 1. The Labute approximate surface area is 82.9 Å². The Morgan fingerprint density at radius 3 is 2.27 bits per heavy atom. The van der Waals surface area contributed by atoms with Gasteiger partial charge in [-0.2, -0.15) is 13.2 Å². The minimum atomic E-state index is -4.53. The van der Waals surface area contributed by atoms with Crippen molar-refractivity contribution in [1.82, 2.24) is 0 Å². The number of aliphatic hydroxyl groups excluding tert-OH is 1. The number of aliphatic hydroxyl groups is 1. The van der Waals surface area contributed by atoms with Crippen molar-refractivity contribution >= 4 is 10.8 Å². The Morgan fingerprint density at radius 2 is 1.73 bits per heavy atom. The molecule has 1 N–H and O–H groups in total. The molecule has 1 aromatic heterocycles. The van der Waals surface area contributed by atoms with Crippen molar-refractivity contribution in [2.45, 2.75) is 12.8 Å². The minimum Gasteiger partial charge on any atom is -0.453 e. The standard InChI is InChI=1S/C10H7F3O2/c11-10(12,13)9-7-4-2-1-3-6(7)8(5-14)15-9/h1-4,14H,5H2. The minimum absolute atomic E-state index is 0.0194. The fourth-order valence-electron chi connectivity index (χ4n) is 1.49. The Balaban J connectivity index is 2.76. The molecular formula is C10H7F3O2. The second kappa shape index (κ2) is 3.27. The Bertz CT molecular complexity index is 485. The van der Waals surface area contributed by atoms with E-state index in [0.29, 0.717) is 5.39 Å². The maximum absolute atomic E-state index is 12.5. The first-order chi connectivity index (χ1) is 7.04. The lowest BCUT2D eigenvalue weighted by atomic mass is 10.1. The summed E-state index contributed by atoms with van der Waals surface area (Å²) in [7, 11) is 0. The Kier molecular flexibility index (Phi) is 2.19. The molecule has 0 aliphatic rings. The molecule has 0 amide bonds. The molecule has 0 saturated heterocycles. The third-order valence-electron chi connectivity index (χ3n) is 2.10. The summed E-state index contributed by atoms with van der Waals surface area (Å²) < 4.78 is 42.1. The number of halogens is 3. The number of fused-ring (bicyclic) bond motifs is 1. The van der Waals surface area contributed by atoms with Gasteiger partial charge >= 0.3 is 6.18 Å². The first-order valence-corrected chi connectivity index (χ1v) is 4.22. The van der Waals surface area contributed by atoms with Crippen molar-refractivity contribution < 1.29 is 22.7 Å². The summed E-state index contributed by atoms with van der Waals surface area (Å²) in [4.78, 5) is 0. The molecule has 0 atom stereocenters. The van der Waals surface area contributed by atoms with Gasteiger partial charge in [-0.05, 0) is 0 Å². The van der Waals surface area contributed by atoms with Gasteiger partial charge in [-0.3, -0.25) is 0 Å². The molecule has 0 spiro atoms. The summed E-state index contributed by atoms with van der Waals surface area (Å²) in [6.07, 6.45) is -4.53. The van der Waals surface area contributed by atoms with Gasteiger partial charge in [0, 0.05) is 10.8 Å². The number of hydrogen-bond acceptors (Lipinski definition) is 2. The predicted octanol–water partition coefficient (Wildman–Crippen LogP) is 2.94. The van der Waals surface area contributed by atoms with Gasteiger partial charge in [0.2, 0.25) is 5.76 Å². The lowest BCUT2D eigenvalue weighted by Crippen LogP contribution is -2.03. The van der Waals surface area contributed by atoms with Crippen LogP contribution in [0.2, 0.25) is 0 Å². The average molecular weight is 216 g/mol. The SMILES string of the molecule is OCc1oc(C(F)(F)F)c2ccccc12. The molecule has 0 unspecified atom stereocenters. The van der Waals surface area contributed by atoms with Gasteiger partial charge in [0.15, 0.2) is 0 Å². The van der Waals surface area contributed by atoms with Crippen LogP contribution in [0.3, 0.4) is 0 Å². The van der Waals surface area contributed by atoms with Gasteiger partial charge in [0.05, 0.1) is 0 Å². The molecule has 5 heteroatoms. The second-order valence-corrected chi connectivity index (χ2v) is 3.06. The molecule has 2 nitrogen and oxygen atoms in total. The van der Waals surface area contributed by atoms with E-state index in [1.165, 1.54) is 18.2 Å². The monoisotopic (exact) mass is 216 g/mol. The van der Waals surface area contributed by atoms with E-state index in [0.717, 1.165) is 0 Å². The molecule has 0 bridgehead atoms. The normalized spacial score (nSPS) is 12.3. The van der Waals surface area contributed by atoms with E-state index in [2.05, 4.69) is 4.42 Å². The van der Waals surface area contributed by atoms with Gasteiger partial charge in [0.25, 0.3) is 0 Å². The van der Waals surface area contributed by atoms with Crippen LogP contribution in [0.25, 0.3) is 10.8 Å². The third-order valence-corrected chi connectivity index (χ3v) is 2.10. The van der Waals surface area contributed by atoms with Gasteiger partial charge < -0.3 is 9.52 Å². The van der Waals surface area contributed by atoms with Crippen LogP contribution in [0.1, 0.15) is 11.5 Å². The van der Waals surface area contributed by atoms with E-state index >= 15 is 0 Å². The second-order valence-electron chi connectivity index (χ2n) is 3.06. The summed E-state index contributed by atoms with van der Waals surface area (Å²) in [6.45, 7) is -0.545. The summed E-state index contributed by atoms with van der Waals surface area (Å²) in [5.41, 5.74) is 0. The quantitative estimate of drug-likeness (QED) is 0.794. The largest absolute Gasteiger partial charge is 0.453 e.